The van der Waals surface area contributed by atoms with Crippen LogP contribution in [0.1, 0.15) is 37.0 Å². The van der Waals surface area contributed by atoms with E-state index in [2.05, 4.69) is 10.4 Å². The van der Waals surface area contributed by atoms with Crippen molar-refractivity contribution in [3.8, 4) is 5.75 Å². The number of para-hydroxylation sites is 2. The van der Waals surface area contributed by atoms with Crippen molar-refractivity contribution in [1.82, 2.24) is 15.1 Å². The number of hydrogen-bond acceptors (Lipinski definition) is 4. The summed E-state index contributed by atoms with van der Waals surface area (Å²) in [6, 6.07) is 8.99. The summed E-state index contributed by atoms with van der Waals surface area (Å²) in [4.78, 5) is 26.8. The van der Waals surface area contributed by atoms with Crippen LogP contribution in [0.4, 0.5) is 5.69 Å². The van der Waals surface area contributed by atoms with Gasteiger partial charge in [-0.1, -0.05) is 12.1 Å². The van der Waals surface area contributed by atoms with Crippen molar-refractivity contribution in [2.24, 2.45) is 0 Å². The Morgan fingerprint density at radius 3 is 2.58 bits per heavy atom. The van der Waals surface area contributed by atoms with E-state index >= 15 is 0 Å². The summed E-state index contributed by atoms with van der Waals surface area (Å²) in [6.45, 7) is 8.17. The van der Waals surface area contributed by atoms with E-state index in [9.17, 15) is 9.59 Å². The molecule has 1 atom stereocenters. The van der Waals surface area contributed by atoms with Gasteiger partial charge in [0.05, 0.1) is 17.8 Å². The fourth-order valence-electron chi connectivity index (χ4n) is 3.12. The molecule has 2 amide bonds. The van der Waals surface area contributed by atoms with Gasteiger partial charge in [0.15, 0.2) is 11.8 Å². The van der Waals surface area contributed by atoms with Crippen LogP contribution in [0.5, 0.6) is 5.75 Å². The van der Waals surface area contributed by atoms with Crippen LogP contribution >= 0.6 is 0 Å². The molecular formula is C19H24N4O3. The molecule has 1 aromatic carbocycles. The summed E-state index contributed by atoms with van der Waals surface area (Å²) in [5, 5.41) is 7.08. The Kier molecular flexibility index (Phi) is 4.48. The molecule has 0 fully saturated rings. The SMILES string of the molecule is CNC(=O)C1CN(C(=O)c2cc(C)n(C(C)(C)C)n2)c2ccccc2O1. The third-order valence-electron chi connectivity index (χ3n) is 4.30. The Labute approximate surface area is 152 Å². The molecule has 2 heterocycles. The summed E-state index contributed by atoms with van der Waals surface area (Å²) in [6.07, 6.45) is -0.760. The van der Waals surface area contributed by atoms with Crippen LogP contribution in [-0.4, -0.2) is 41.3 Å². The molecule has 138 valence electrons. The zero-order valence-electron chi connectivity index (χ0n) is 15.7. The van der Waals surface area contributed by atoms with Crippen molar-refractivity contribution in [2.75, 3.05) is 18.5 Å². The number of benzene rings is 1. The second kappa shape index (κ2) is 6.48. The van der Waals surface area contributed by atoms with Crippen LogP contribution in [0, 0.1) is 6.92 Å². The maximum absolute atomic E-state index is 13.2. The van der Waals surface area contributed by atoms with Crippen molar-refractivity contribution < 1.29 is 14.3 Å². The molecule has 1 N–H and O–H groups in total. The number of nitrogens with one attached hydrogen (secondary N) is 1. The second-order valence-corrected chi connectivity index (χ2v) is 7.36. The van der Waals surface area contributed by atoms with E-state index in [0.29, 0.717) is 17.1 Å². The first-order chi connectivity index (χ1) is 12.2. The Balaban J connectivity index is 1.99. The molecule has 7 nitrogen and oxygen atoms in total. The van der Waals surface area contributed by atoms with Crippen molar-refractivity contribution in [2.45, 2.75) is 39.3 Å². The first kappa shape index (κ1) is 18.0. The van der Waals surface area contributed by atoms with Gasteiger partial charge in [-0.2, -0.15) is 5.10 Å². The predicted octanol–water partition coefficient (Wildman–Crippen LogP) is 2.10. The number of aryl methyl sites for hydroxylation is 1. The Morgan fingerprint density at radius 2 is 1.96 bits per heavy atom. The monoisotopic (exact) mass is 356 g/mol. The first-order valence-electron chi connectivity index (χ1n) is 8.58. The highest BCUT2D eigenvalue weighted by molar-refractivity contribution is 6.06. The summed E-state index contributed by atoms with van der Waals surface area (Å²) >= 11 is 0. The molecule has 0 saturated heterocycles. The lowest BCUT2D eigenvalue weighted by Gasteiger charge is -2.33. The highest BCUT2D eigenvalue weighted by Gasteiger charge is 2.35. The molecule has 0 saturated carbocycles. The fourth-order valence-corrected chi connectivity index (χ4v) is 3.12. The average molecular weight is 356 g/mol. The molecule has 7 heteroatoms. The number of carbonyl (C=O) groups excluding carboxylic acids is 2. The number of hydrogen-bond donors (Lipinski definition) is 1. The first-order valence-corrected chi connectivity index (χ1v) is 8.58. The van der Waals surface area contributed by atoms with Crippen molar-refractivity contribution in [3.05, 3.63) is 41.7 Å². The van der Waals surface area contributed by atoms with E-state index in [-0.39, 0.29) is 23.9 Å². The maximum atomic E-state index is 13.2. The second-order valence-electron chi connectivity index (χ2n) is 7.36. The van der Waals surface area contributed by atoms with E-state index in [4.69, 9.17) is 4.74 Å². The lowest BCUT2D eigenvalue weighted by atomic mass is 10.1. The van der Waals surface area contributed by atoms with Gasteiger partial charge in [0.2, 0.25) is 0 Å². The Hall–Kier alpha value is -2.83. The summed E-state index contributed by atoms with van der Waals surface area (Å²) in [5.74, 6) is -0.0119. The zero-order chi connectivity index (χ0) is 19.1. The number of likely N-dealkylation sites (N-methyl/N-ethyl adjacent to an activating group) is 1. The van der Waals surface area contributed by atoms with Crippen molar-refractivity contribution in [1.29, 1.82) is 0 Å². The van der Waals surface area contributed by atoms with Crippen LogP contribution in [0.3, 0.4) is 0 Å². The molecule has 1 aliphatic rings. The van der Waals surface area contributed by atoms with Crippen molar-refractivity contribution >= 4 is 17.5 Å². The van der Waals surface area contributed by atoms with Crippen molar-refractivity contribution in [3.63, 3.8) is 0 Å². The molecular weight excluding hydrogens is 332 g/mol. The number of ether oxygens (including phenoxy) is 1. The Bertz CT molecular complexity index is 851. The molecule has 0 bridgehead atoms. The van der Waals surface area contributed by atoms with E-state index in [1.165, 1.54) is 0 Å². The van der Waals surface area contributed by atoms with Gasteiger partial charge < -0.3 is 10.1 Å². The highest BCUT2D eigenvalue weighted by atomic mass is 16.5. The van der Waals surface area contributed by atoms with E-state index in [0.717, 1.165) is 5.69 Å². The van der Waals surface area contributed by atoms with Gasteiger partial charge in [-0.15, -0.1) is 0 Å². The molecule has 0 radical (unpaired) electrons. The molecule has 2 aromatic rings. The van der Waals surface area contributed by atoms with Crippen LogP contribution in [-0.2, 0) is 10.3 Å². The van der Waals surface area contributed by atoms with E-state index in [1.54, 1.807) is 30.1 Å². The molecule has 1 aliphatic heterocycles. The van der Waals surface area contributed by atoms with E-state index in [1.807, 2.05) is 44.5 Å². The van der Waals surface area contributed by atoms with Crippen LogP contribution < -0.4 is 15.0 Å². The predicted molar refractivity (Wildman–Crippen MR) is 98.6 cm³/mol. The topological polar surface area (TPSA) is 76.5 Å². The maximum Gasteiger partial charge on any atom is 0.279 e. The van der Waals surface area contributed by atoms with Crippen LogP contribution in [0.15, 0.2) is 30.3 Å². The van der Waals surface area contributed by atoms with Gasteiger partial charge in [-0.3, -0.25) is 19.2 Å². The van der Waals surface area contributed by atoms with Gasteiger partial charge >= 0.3 is 0 Å². The minimum absolute atomic E-state index is 0.136. The lowest BCUT2D eigenvalue weighted by Crippen LogP contribution is -2.50. The standard InChI is InChI=1S/C19H24N4O3/c1-12-10-13(21-23(12)19(2,3)4)18(25)22-11-16(17(24)20-5)26-15-9-7-6-8-14(15)22/h6-10,16H,11H2,1-5H3,(H,20,24). The largest absolute Gasteiger partial charge is 0.477 e. The van der Waals surface area contributed by atoms with Crippen LogP contribution in [0.25, 0.3) is 0 Å². The average Bonchev–Trinajstić information content (AvgIpc) is 3.01. The third kappa shape index (κ3) is 3.16. The molecule has 0 aliphatic carbocycles. The number of amides is 2. The number of anilines is 1. The van der Waals surface area contributed by atoms with Gasteiger partial charge in [-0.25, -0.2) is 0 Å². The molecule has 3 rings (SSSR count). The van der Waals surface area contributed by atoms with Gasteiger partial charge in [0.25, 0.3) is 11.8 Å². The van der Waals surface area contributed by atoms with Crippen LogP contribution in [0.2, 0.25) is 0 Å². The normalized spacial score (nSPS) is 16.7. The minimum Gasteiger partial charge on any atom is -0.477 e. The number of nitrogens with zero attached hydrogens (tertiary/aromatic N) is 3. The summed E-state index contributed by atoms with van der Waals surface area (Å²) < 4.78 is 7.59. The molecule has 0 spiro atoms. The molecule has 1 unspecified atom stereocenters. The van der Waals surface area contributed by atoms with E-state index < -0.39 is 6.10 Å². The summed E-state index contributed by atoms with van der Waals surface area (Å²) in [7, 11) is 1.55. The zero-order valence-corrected chi connectivity index (χ0v) is 15.7. The third-order valence-corrected chi connectivity index (χ3v) is 4.30. The molecule has 1 aromatic heterocycles. The molecule has 26 heavy (non-hydrogen) atoms. The fraction of sp³-hybridized carbons (Fsp3) is 0.421. The van der Waals surface area contributed by atoms with Gasteiger partial charge in [-0.05, 0) is 45.9 Å². The smallest absolute Gasteiger partial charge is 0.279 e. The number of rotatable bonds is 2. The van der Waals surface area contributed by atoms with Gasteiger partial charge in [0, 0.05) is 12.7 Å². The Morgan fingerprint density at radius 1 is 1.27 bits per heavy atom. The number of carbonyl (C=O) groups is 2. The minimum atomic E-state index is -0.760. The quantitative estimate of drug-likeness (QED) is 0.894. The van der Waals surface area contributed by atoms with Gasteiger partial charge in [0.1, 0.15) is 5.75 Å². The number of fused-ring (bicyclic) bond motifs is 1. The summed E-state index contributed by atoms with van der Waals surface area (Å²) in [5.41, 5.74) is 1.67. The highest BCUT2D eigenvalue weighted by Crippen LogP contribution is 2.34. The lowest BCUT2D eigenvalue weighted by molar-refractivity contribution is -0.127. The number of aromatic nitrogens is 2.